The van der Waals surface area contributed by atoms with Crippen LogP contribution in [0.15, 0.2) is 41.3 Å². The summed E-state index contributed by atoms with van der Waals surface area (Å²) in [6.07, 6.45) is 0.294. The van der Waals surface area contributed by atoms with E-state index in [1.54, 1.807) is 0 Å². The van der Waals surface area contributed by atoms with E-state index in [0.717, 1.165) is 18.2 Å². The molecule has 2 saturated heterocycles. The molecule has 2 fully saturated rings. The van der Waals surface area contributed by atoms with Crippen molar-refractivity contribution in [2.45, 2.75) is 30.4 Å². The number of carbonyl (C=O) groups is 1. The Balaban J connectivity index is 1.56. The molecule has 0 radical (unpaired) electrons. The first-order chi connectivity index (χ1) is 14.7. The van der Waals surface area contributed by atoms with E-state index in [4.69, 9.17) is 4.74 Å². The second kappa shape index (κ2) is 7.92. The fourth-order valence-corrected chi connectivity index (χ4v) is 5.96. The van der Waals surface area contributed by atoms with Crippen LogP contribution in [-0.4, -0.2) is 55.5 Å². The molecule has 1 amide bonds. The molecule has 10 heteroatoms. The highest BCUT2D eigenvalue weighted by Gasteiger charge is 2.51. The van der Waals surface area contributed by atoms with Crippen LogP contribution in [0, 0.1) is 24.4 Å². The van der Waals surface area contributed by atoms with Crippen LogP contribution in [0.4, 0.5) is 13.2 Å². The molecule has 0 aliphatic carbocycles. The molecule has 2 heterocycles. The van der Waals surface area contributed by atoms with Crippen LogP contribution in [0.2, 0.25) is 0 Å². The normalized spacial score (nSPS) is 19.2. The Labute approximate surface area is 178 Å². The second-order valence-electron chi connectivity index (χ2n) is 7.67. The summed E-state index contributed by atoms with van der Waals surface area (Å²) in [7, 11) is -3.97. The van der Waals surface area contributed by atoms with Crippen molar-refractivity contribution in [1.29, 1.82) is 0 Å². The third kappa shape index (κ3) is 3.72. The molecule has 0 N–H and O–H groups in total. The quantitative estimate of drug-likeness (QED) is 0.715. The van der Waals surface area contributed by atoms with Gasteiger partial charge in [-0.15, -0.1) is 0 Å². The number of ether oxygens (including phenoxy) is 1. The highest BCUT2D eigenvalue weighted by Crippen LogP contribution is 2.39. The van der Waals surface area contributed by atoms with E-state index in [0.29, 0.717) is 0 Å². The molecule has 0 bridgehead atoms. The fraction of sp³-hybridized carbons (Fsp3) is 0.381. The average molecular weight is 454 g/mol. The maximum Gasteiger partial charge on any atom is 0.259 e. The van der Waals surface area contributed by atoms with Gasteiger partial charge in [-0.05, 0) is 42.8 Å². The van der Waals surface area contributed by atoms with Crippen molar-refractivity contribution in [1.82, 2.24) is 9.21 Å². The summed E-state index contributed by atoms with van der Waals surface area (Å²) in [5.41, 5.74) is -1.58. The molecule has 6 nitrogen and oxygen atoms in total. The van der Waals surface area contributed by atoms with Gasteiger partial charge in [0.2, 0.25) is 10.0 Å². The van der Waals surface area contributed by atoms with Gasteiger partial charge in [-0.3, -0.25) is 4.79 Å². The van der Waals surface area contributed by atoms with Crippen LogP contribution in [0.1, 0.15) is 28.8 Å². The number of hydrogen-bond acceptors (Lipinski definition) is 4. The SMILES string of the molecule is Cc1cc(S(=O)(=O)N2CCOC23CCN(C(=O)c2c(F)cccc2F)CC3)ccc1F. The number of nitrogens with zero attached hydrogens (tertiary/aromatic N) is 2. The van der Waals surface area contributed by atoms with E-state index in [1.165, 1.54) is 34.3 Å². The van der Waals surface area contributed by atoms with Gasteiger partial charge in [-0.1, -0.05) is 6.07 Å². The Morgan fingerprint density at radius 1 is 1.00 bits per heavy atom. The number of benzene rings is 2. The molecule has 2 aliphatic rings. The molecule has 4 rings (SSSR count). The molecule has 0 unspecified atom stereocenters. The van der Waals surface area contributed by atoms with Gasteiger partial charge in [0, 0.05) is 32.5 Å². The van der Waals surface area contributed by atoms with Gasteiger partial charge >= 0.3 is 0 Å². The summed E-state index contributed by atoms with van der Waals surface area (Å²) >= 11 is 0. The lowest BCUT2D eigenvalue weighted by Gasteiger charge is -2.42. The molecule has 0 saturated carbocycles. The van der Waals surface area contributed by atoms with Crippen LogP contribution in [0.5, 0.6) is 0 Å². The predicted octanol–water partition coefficient (Wildman–Crippen LogP) is 3.07. The summed E-state index contributed by atoms with van der Waals surface area (Å²) in [6, 6.07) is 6.80. The fourth-order valence-electron chi connectivity index (χ4n) is 4.15. The summed E-state index contributed by atoms with van der Waals surface area (Å²) in [4.78, 5) is 13.9. The average Bonchev–Trinajstić information content (AvgIpc) is 3.14. The number of aryl methyl sites for hydroxylation is 1. The highest BCUT2D eigenvalue weighted by atomic mass is 32.2. The Bertz CT molecular complexity index is 1110. The largest absolute Gasteiger partial charge is 0.358 e. The zero-order valence-corrected chi connectivity index (χ0v) is 17.6. The number of rotatable bonds is 3. The minimum atomic E-state index is -3.97. The van der Waals surface area contributed by atoms with Gasteiger partial charge in [0.15, 0.2) is 0 Å². The second-order valence-corrected chi connectivity index (χ2v) is 9.53. The topological polar surface area (TPSA) is 66.9 Å². The number of carbonyl (C=O) groups excluding carboxylic acids is 1. The minimum Gasteiger partial charge on any atom is -0.358 e. The smallest absolute Gasteiger partial charge is 0.259 e. The summed E-state index contributed by atoms with van der Waals surface area (Å²) < 4.78 is 75.1. The molecule has 1 spiro atoms. The number of hydrogen-bond donors (Lipinski definition) is 0. The van der Waals surface area contributed by atoms with Crippen LogP contribution in [0.25, 0.3) is 0 Å². The lowest BCUT2D eigenvalue weighted by molar-refractivity contribution is -0.0857. The van der Waals surface area contributed by atoms with Gasteiger partial charge in [0.25, 0.3) is 5.91 Å². The van der Waals surface area contributed by atoms with E-state index < -0.39 is 44.7 Å². The van der Waals surface area contributed by atoms with Crippen molar-refractivity contribution in [3.63, 3.8) is 0 Å². The molecule has 0 atom stereocenters. The monoisotopic (exact) mass is 454 g/mol. The van der Waals surface area contributed by atoms with E-state index in [9.17, 15) is 26.4 Å². The van der Waals surface area contributed by atoms with Crippen LogP contribution in [0.3, 0.4) is 0 Å². The van der Waals surface area contributed by atoms with Crippen LogP contribution < -0.4 is 0 Å². The summed E-state index contributed by atoms with van der Waals surface area (Å²) in [5, 5.41) is 0. The number of sulfonamides is 1. The molecular weight excluding hydrogens is 433 g/mol. The lowest BCUT2D eigenvalue weighted by atomic mass is 9.99. The first-order valence-corrected chi connectivity index (χ1v) is 11.3. The maximum atomic E-state index is 14.0. The number of amides is 1. The molecule has 166 valence electrons. The summed E-state index contributed by atoms with van der Waals surface area (Å²) in [6.45, 7) is 1.92. The van der Waals surface area contributed by atoms with E-state index in [2.05, 4.69) is 0 Å². The minimum absolute atomic E-state index is 0.0387. The van der Waals surface area contributed by atoms with Crippen LogP contribution in [-0.2, 0) is 14.8 Å². The van der Waals surface area contributed by atoms with Crippen molar-refractivity contribution >= 4 is 15.9 Å². The van der Waals surface area contributed by atoms with E-state index in [1.807, 2.05) is 0 Å². The van der Waals surface area contributed by atoms with Gasteiger partial charge < -0.3 is 9.64 Å². The van der Waals surface area contributed by atoms with Gasteiger partial charge in [-0.25, -0.2) is 21.6 Å². The van der Waals surface area contributed by atoms with Gasteiger partial charge in [-0.2, -0.15) is 4.31 Å². The Hall–Kier alpha value is -2.43. The first-order valence-electron chi connectivity index (χ1n) is 9.82. The molecule has 2 aliphatic heterocycles. The van der Waals surface area contributed by atoms with E-state index in [-0.39, 0.29) is 49.5 Å². The third-order valence-electron chi connectivity index (χ3n) is 5.85. The summed E-state index contributed by atoms with van der Waals surface area (Å²) in [5.74, 6) is -3.18. The zero-order valence-electron chi connectivity index (χ0n) is 16.8. The number of halogens is 3. The van der Waals surface area contributed by atoms with Crippen molar-refractivity contribution in [2.24, 2.45) is 0 Å². The van der Waals surface area contributed by atoms with Crippen molar-refractivity contribution in [3.8, 4) is 0 Å². The lowest BCUT2D eigenvalue weighted by Crippen LogP contribution is -2.55. The van der Waals surface area contributed by atoms with Crippen molar-refractivity contribution in [3.05, 3.63) is 65.0 Å². The molecule has 2 aromatic carbocycles. The van der Waals surface area contributed by atoms with Crippen molar-refractivity contribution in [2.75, 3.05) is 26.2 Å². The third-order valence-corrected chi connectivity index (χ3v) is 7.79. The molecular formula is C21H21F3N2O4S. The predicted molar refractivity (Wildman–Crippen MR) is 105 cm³/mol. The van der Waals surface area contributed by atoms with E-state index >= 15 is 0 Å². The standard InChI is InChI=1S/C21H21F3N2O4S/c1-14-13-15(5-6-16(14)22)31(28,29)26-11-12-30-21(26)7-9-25(10-8-21)20(27)19-17(23)3-2-4-18(19)24/h2-6,13H,7-12H2,1H3. The zero-order chi connectivity index (χ0) is 22.4. The van der Waals surface area contributed by atoms with Crippen LogP contribution >= 0.6 is 0 Å². The highest BCUT2D eigenvalue weighted by molar-refractivity contribution is 7.89. The van der Waals surface area contributed by atoms with Gasteiger partial charge in [0.1, 0.15) is 28.7 Å². The van der Waals surface area contributed by atoms with Crippen molar-refractivity contribution < 1.29 is 31.1 Å². The number of likely N-dealkylation sites (tertiary alicyclic amines) is 1. The first kappa shape index (κ1) is 21.8. The maximum absolute atomic E-state index is 14.0. The number of piperidine rings is 1. The Morgan fingerprint density at radius 3 is 2.26 bits per heavy atom. The molecule has 0 aromatic heterocycles. The molecule has 2 aromatic rings. The molecule has 31 heavy (non-hydrogen) atoms. The Kier molecular flexibility index (Phi) is 5.57. The van der Waals surface area contributed by atoms with Gasteiger partial charge in [0.05, 0.1) is 11.5 Å². The Morgan fingerprint density at radius 2 is 1.65 bits per heavy atom.